The zero-order valence-electron chi connectivity index (χ0n) is 19.5. The Morgan fingerprint density at radius 2 is 1.79 bits per heavy atom. The first-order chi connectivity index (χ1) is 15.6. The van der Waals surface area contributed by atoms with E-state index in [9.17, 15) is 19.2 Å². The molecule has 1 aromatic carbocycles. The second-order valence-corrected chi connectivity index (χ2v) is 9.45. The van der Waals surface area contributed by atoms with Crippen molar-refractivity contribution in [2.75, 3.05) is 7.05 Å². The van der Waals surface area contributed by atoms with Gasteiger partial charge in [-0.3, -0.25) is 14.4 Å². The number of aromatic nitrogens is 1. The van der Waals surface area contributed by atoms with Crippen LogP contribution in [0.3, 0.4) is 0 Å². The fourth-order valence-electron chi connectivity index (χ4n) is 3.86. The maximum Gasteiger partial charge on any atom is 0.407 e. The third-order valence-corrected chi connectivity index (χ3v) is 5.51. The molecule has 0 saturated heterocycles. The summed E-state index contributed by atoms with van der Waals surface area (Å²) in [5.74, 6) is -0.542. The third-order valence-electron chi connectivity index (χ3n) is 5.51. The Morgan fingerprint density at radius 1 is 1.12 bits per heavy atom. The van der Waals surface area contributed by atoms with Gasteiger partial charge in [0, 0.05) is 31.3 Å². The molecule has 3 rings (SSSR count). The van der Waals surface area contributed by atoms with E-state index in [1.54, 1.807) is 20.8 Å². The molecule has 1 aromatic heterocycles. The van der Waals surface area contributed by atoms with Gasteiger partial charge in [0.1, 0.15) is 11.2 Å². The lowest BCUT2D eigenvalue weighted by atomic mass is 9.76. The van der Waals surface area contributed by atoms with E-state index in [4.69, 9.17) is 4.74 Å². The average molecular weight is 454 g/mol. The summed E-state index contributed by atoms with van der Waals surface area (Å²) < 4.78 is 6.67. The number of hydrogen-bond donors (Lipinski definition) is 2. The van der Waals surface area contributed by atoms with Crippen LogP contribution in [0, 0.1) is 5.92 Å². The molecule has 8 heteroatoms. The van der Waals surface area contributed by atoms with Gasteiger partial charge < -0.3 is 19.9 Å². The Morgan fingerprint density at radius 3 is 2.39 bits per heavy atom. The second kappa shape index (κ2) is 10.0. The van der Waals surface area contributed by atoms with E-state index in [1.807, 2.05) is 30.3 Å². The molecule has 2 N–H and O–H groups in total. The van der Waals surface area contributed by atoms with Crippen LogP contribution in [0.2, 0.25) is 0 Å². The molecule has 2 amide bonds. The Labute approximate surface area is 193 Å². The van der Waals surface area contributed by atoms with Crippen molar-refractivity contribution in [2.24, 2.45) is 5.92 Å². The fraction of sp³-hybridized carbons (Fsp3) is 0.440. The molecule has 1 aliphatic rings. The summed E-state index contributed by atoms with van der Waals surface area (Å²) >= 11 is 0. The molecule has 8 nitrogen and oxygen atoms in total. The van der Waals surface area contributed by atoms with Crippen molar-refractivity contribution in [1.29, 1.82) is 0 Å². The average Bonchev–Trinajstić information content (AvgIpc) is 2.72. The zero-order valence-corrected chi connectivity index (χ0v) is 19.5. The molecule has 0 radical (unpaired) electrons. The number of hydrogen-bond acceptors (Lipinski definition) is 5. The molecule has 0 atom stereocenters. The van der Waals surface area contributed by atoms with Crippen LogP contribution in [-0.4, -0.2) is 41.0 Å². The first-order valence-electron chi connectivity index (χ1n) is 11.1. The Bertz CT molecular complexity index is 1080. The predicted molar refractivity (Wildman–Crippen MR) is 124 cm³/mol. The minimum atomic E-state index is -0.561. The van der Waals surface area contributed by atoms with E-state index in [-0.39, 0.29) is 36.3 Å². The molecule has 1 saturated carbocycles. The lowest BCUT2D eigenvalue weighted by Gasteiger charge is -2.35. The Balaban J connectivity index is 1.69. The van der Waals surface area contributed by atoms with Gasteiger partial charge >= 0.3 is 6.09 Å². The number of Topliss-reactive ketones (excluding diaryl/α,β-unsaturated/α-hetero) is 1. The van der Waals surface area contributed by atoms with Crippen molar-refractivity contribution >= 4 is 17.8 Å². The number of pyridine rings is 1. The van der Waals surface area contributed by atoms with Gasteiger partial charge in [-0.15, -0.1) is 0 Å². The minimum absolute atomic E-state index is 0.0221. The standard InChI is InChI=1S/C25H31N3O5/c1-25(2,3)33-24(32)27-19-10-17(11-19)12-21(29)18-13-20(22(30)26-4)23(31)28(15-18)14-16-8-6-5-7-9-16/h5-9,13,15,17,19H,10-12,14H2,1-4H3,(H,26,30)(H,27,32). The molecule has 0 bridgehead atoms. The van der Waals surface area contributed by atoms with E-state index < -0.39 is 23.2 Å². The number of benzene rings is 1. The summed E-state index contributed by atoms with van der Waals surface area (Å²) in [5, 5.41) is 5.29. The van der Waals surface area contributed by atoms with Crippen molar-refractivity contribution in [3.63, 3.8) is 0 Å². The predicted octanol–water partition coefficient (Wildman–Crippen LogP) is 3.13. The van der Waals surface area contributed by atoms with Gasteiger partial charge in [0.15, 0.2) is 5.78 Å². The summed E-state index contributed by atoms with van der Waals surface area (Å²) in [7, 11) is 1.45. The van der Waals surface area contributed by atoms with Crippen molar-refractivity contribution < 1.29 is 19.1 Å². The van der Waals surface area contributed by atoms with E-state index in [1.165, 1.54) is 23.9 Å². The van der Waals surface area contributed by atoms with Crippen molar-refractivity contribution in [3.8, 4) is 0 Å². The van der Waals surface area contributed by atoms with E-state index in [2.05, 4.69) is 10.6 Å². The maximum atomic E-state index is 13.0. The number of carbonyl (C=O) groups excluding carboxylic acids is 3. The first kappa shape index (κ1) is 24.2. The number of rotatable bonds is 7. The van der Waals surface area contributed by atoms with Gasteiger partial charge in [-0.05, 0) is 51.2 Å². The van der Waals surface area contributed by atoms with Crippen molar-refractivity contribution in [3.05, 3.63) is 69.6 Å². The summed E-state index contributed by atoms with van der Waals surface area (Å²) in [6.45, 7) is 5.67. The van der Waals surface area contributed by atoms with Crippen LogP contribution in [0.15, 0.2) is 47.4 Å². The van der Waals surface area contributed by atoms with Gasteiger partial charge in [0.2, 0.25) is 0 Å². The fourth-order valence-corrected chi connectivity index (χ4v) is 3.86. The third kappa shape index (κ3) is 6.54. The maximum absolute atomic E-state index is 13.0. The molecule has 33 heavy (non-hydrogen) atoms. The number of ether oxygens (including phenoxy) is 1. The Hall–Kier alpha value is -3.42. The number of ketones is 1. The Kier molecular flexibility index (Phi) is 7.36. The highest BCUT2D eigenvalue weighted by Crippen LogP contribution is 2.31. The van der Waals surface area contributed by atoms with Crippen molar-refractivity contribution in [1.82, 2.24) is 15.2 Å². The number of nitrogens with zero attached hydrogens (tertiary/aromatic N) is 1. The topological polar surface area (TPSA) is 106 Å². The van der Waals surface area contributed by atoms with E-state index in [0.29, 0.717) is 18.4 Å². The number of carbonyl (C=O) groups is 3. The first-order valence-corrected chi connectivity index (χ1v) is 11.1. The van der Waals surface area contributed by atoms with Crippen LogP contribution in [0.5, 0.6) is 0 Å². The van der Waals surface area contributed by atoms with Crippen LogP contribution in [0.4, 0.5) is 4.79 Å². The van der Waals surface area contributed by atoms with Crippen LogP contribution >= 0.6 is 0 Å². The SMILES string of the molecule is CNC(=O)c1cc(C(=O)CC2CC(NC(=O)OC(C)(C)C)C2)cn(Cc2ccccc2)c1=O. The highest BCUT2D eigenvalue weighted by Gasteiger charge is 2.33. The van der Waals surface area contributed by atoms with Gasteiger partial charge in [-0.2, -0.15) is 0 Å². The number of nitrogens with one attached hydrogen (secondary N) is 2. The smallest absolute Gasteiger partial charge is 0.407 e. The highest BCUT2D eigenvalue weighted by atomic mass is 16.6. The quantitative estimate of drug-likeness (QED) is 0.627. The zero-order chi connectivity index (χ0) is 24.2. The molecule has 0 spiro atoms. The number of alkyl carbamates (subject to hydrolysis) is 1. The largest absolute Gasteiger partial charge is 0.444 e. The van der Waals surface area contributed by atoms with E-state index >= 15 is 0 Å². The second-order valence-electron chi connectivity index (χ2n) is 9.45. The minimum Gasteiger partial charge on any atom is -0.444 e. The lowest BCUT2D eigenvalue weighted by molar-refractivity contribution is 0.0449. The van der Waals surface area contributed by atoms with E-state index in [0.717, 1.165) is 5.56 Å². The van der Waals surface area contributed by atoms with Crippen molar-refractivity contribution in [2.45, 2.75) is 58.2 Å². The van der Waals surface area contributed by atoms with Gasteiger partial charge in [0.25, 0.3) is 11.5 Å². The molecular formula is C25H31N3O5. The monoisotopic (exact) mass is 453 g/mol. The molecule has 176 valence electrons. The van der Waals surface area contributed by atoms with Crippen LogP contribution in [-0.2, 0) is 11.3 Å². The van der Waals surface area contributed by atoms with Crippen LogP contribution in [0.25, 0.3) is 0 Å². The van der Waals surface area contributed by atoms with Crippen LogP contribution in [0.1, 0.15) is 66.3 Å². The normalized spacial score (nSPS) is 17.6. The molecule has 1 fully saturated rings. The molecule has 0 unspecified atom stereocenters. The summed E-state index contributed by atoms with van der Waals surface area (Å²) in [5.41, 5.74) is 0.154. The molecule has 1 aliphatic carbocycles. The summed E-state index contributed by atoms with van der Waals surface area (Å²) in [6.07, 6.45) is 2.71. The summed E-state index contributed by atoms with van der Waals surface area (Å²) in [6, 6.07) is 10.7. The number of amides is 2. The molecule has 1 heterocycles. The molecule has 0 aliphatic heterocycles. The van der Waals surface area contributed by atoms with Gasteiger partial charge in [-0.25, -0.2) is 4.79 Å². The van der Waals surface area contributed by atoms with Gasteiger partial charge in [0.05, 0.1) is 6.54 Å². The molecular weight excluding hydrogens is 422 g/mol. The molecule has 2 aromatic rings. The van der Waals surface area contributed by atoms with Crippen LogP contribution < -0.4 is 16.2 Å². The lowest BCUT2D eigenvalue weighted by Crippen LogP contribution is -2.46. The van der Waals surface area contributed by atoms with Gasteiger partial charge in [-0.1, -0.05) is 30.3 Å². The summed E-state index contributed by atoms with van der Waals surface area (Å²) in [4.78, 5) is 50.0. The highest BCUT2D eigenvalue weighted by molar-refractivity contribution is 6.00.